The summed E-state index contributed by atoms with van der Waals surface area (Å²) < 4.78 is 1.74. The van der Waals surface area contributed by atoms with Crippen LogP contribution in [0.3, 0.4) is 0 Å². The van der Waals surface area contributed by atoms with Crippen LogP contribution in [0.4, 0.5) is 0 Å². The van der Waals surface area contributed by atoms with Crippen LogP contribution in [0.1, 0.15) is 17.3 Å². The van der Waals surface area contributed by atoms with Gasteiger partial charge >= 0.3 is 0 Å². The molecular weight excluding hydrogens is 392 g/mol. The SMILES string of the molecule is CC(O)(CO)CNC(=O)c1c[nH]c2cc(Br)c(Br)cc12. The fourth-order valence-electron chi connectivity index (χ4n) is 1.73. The molecule has 0 aliphatic heterocycles. The zero-order valence-electron chi connectivity index (χ0n) is 10.7. The van der Waals surface area contributed by atoms with Crippen LogP contribution in [0.2, 0.25) is 0 Å². The molecule has 0 saturated carbocycles. The van der Waals surface area contributed by atoms with E-state index in [4.69, 9.17) is 5.11 Å². The van der Waals surface area contributed by atoms with Crippen molar-refractivity contribution in [3.05, 3.63) is 32.8 Å². The lowest BCUT2D eigenvalue weighted by Crippen LogP contribution is -2.43. The molecule has 1 amide bonds. The van der Waals surface area contributed by atoms with Gasteiger partial charge in [0.15, 0.2) is 0 Å². The summed E-state index contributed by atoms with van der Waals surface area (Å²) in [6.07, 6.45) is 1.62. The number of hydrogen-bond acceptors (Lipinski definition) is 3. The van der Waals surface area contributed by atoms with Crippen LogP contribution in [-0.4, -0.2) is 39.9 Å². The second-order valence-electron chi connectivity index (χ2n) is 4.85. The first-order valence-corrected chi connectivity index (χ1v) is 7.50. The topological polar surface area (TPSA) is 85.3 Å². The zero-order chi connectivity index (χ0) is 14.9. The van der Waals surface area contributed by atoms with Crippen molar-refractivity contribution < 1.29 is 15.0 Å². The summed E-state index contributed by atoms with van der Waals surface area (Å²) in [5.41, 5.74) is -0.00755. The van der Waals surface area contributed by atoms with Crippen molar-refractivity contribution in [1.29, 1.82) is 0 Å². The molecule has 0 aliphatic rings. The summed E-state index contributed by atoms with van der Waals surface area (Å²) in [6.45, 7) is 1.02. The number of halogens is 2. The van der Waals surface area contributed by atoms with E-state index in [9.17, 15) is 9.90 Å². The molecular formula is C13H14Br2N2O3. The molecule has 1 unspecified atom stereocenters. The van der Waals surface area contributed by atoms with Crippen molar-refractivity contribution in [2.45, 2.75) is 12.5 Å². The maximum Gasteiger partial charge on any atom is 0.253 e. The summed E-state index contributed by atoms with van der Waals surface area (Å²) in [5, 5.41) is 22.0. The lowest BCUT2D eigenvalue weighted by atomic mass is 10.1. The highest BCUT2D eigenvalue weighted by molar-refractivity contribution is 9.13. The van der Waals surface area contributed by atoms with Gasteiger partial charge in [-0.05, 0) is 50.9 Å². The first-order valence-electron chi connectivity index (χ1n) is 5.91. The van der Waals surface area contributed by atoms with E-state index in [1.54, 1.807) is 6.20 Å². The van der Waals surface area contributed by atoms with Crippen molar-refractivity contribution in [3.8, 4) is 0 Å². The van der Waals surface area contributed by atoms with Crippen LogP contribution >= 0.6 is 31.9 Å². The molecule has 0 fully saturated rings. The van der Waals surface area contributed by atoms with Gasteiger partial charge in [-0.2, -0.15) is 0 Å². The number of amides is 1. The van der Waals surface area contributed by atoms with Crippen molar-refractivity contribution >= 4 is 48.7 Å². The quantitative estimate of drug-likeness (QED) is 0.628. The number of hydrogen-bond donors (Lipinski definition) is 4. The Balaban J connectivity index is 2.25. The largest absolute Gasteiger partial charge is 0.393 e. The second kappa shape index (κ2) is 5.85. The van der Waals surface area contributed by atoms with E-state index in [1.807, 2.05) is 12.1 Å². The summed E-state index contributed by atoms with van der Waals surface area (Å²) in [5.74, 6) is -0.306. The van der Waals surface area contributed by atoms with Crippen LogP contribution in [0.15, 0.2) is 27.3 Å². The van der Waals surface area contributed by atoms with Crippen LogP contribution in [-0.2, 0) is 0 Å². The molecule has 7 heteroatoms. The third kappa shape index (κ3) is 3.22. The molecule has 108 valence electrons. The lowest BCUT2D eigenvalue weighted by molar-refractivity contribution is 0.00321. The molecule has 4 N–H and O–H groups in total. The van der Waals surface area contributed by atoms with Gasteiger partial charge in [0.05, 0.1) is 12.2 Å². The Morgan fingerprint density at radius 1 is 1.40 bits per heavy atom. The number of aromatic nitrogens is 1. The molecule has 20 heavy (non-hydrogen) atoms. The van der Waals surface area contributed by atoms with Gasteiger partial charge in [-0.25, -0.2) is 0 Å². The highest BCUT2D eigenvalue weighted by atomic mass is 79.9. The number of H-pyrrole nitrogens is 1. The van der Waals surface area contributed by atoms with Crippen molar-refractivity contribution in [3.63, 3.8) is 0 Å². The van der Waals surface area contributed by atoms with Gasteiger partial charge in [-0.1, -0.05) is 0 Å². The smallest absolute Gasteiger partial charge is 0.253 e. The molecule has 2 aromatic rings. The Morgan fingerprint density at radius 2 is 2.05 bits per heavy atom. The normalized spacial score (nSPS) is 14.2. The first kappa shape index (κ1) is 15.5. The molecule has 0 spiro atoms. The van der Waals surface area contributed by atoms with E-state index in [0.717, 1.165) is 19.8 Å². The van der Waals surface area contributed by atoms with Crippen LogP contribution in [0, 0.1) is 0 Å². The average molecular weight is 406 g/mol. The van der Waals surface area contributed by atoms with E-state index in [-0.39, 0.29) is 12.5 Å². The lowest BCUT2D eigenvalue weighted by Gasteiger charge is -2.20. The number of carbonyl (C=O) groups excluding carboxylic acids is 1. The first-order chi connectivity index (χ1) is 9.34. The maximum absolute atomic E-state index is 12.1. The molecule has 1 atom stereocenters. The van der Waals surface area contributed by atoms with E-state index in [2.05, 4.69) is 42.2 Å². The number of carbonyl (C=O) groups is 1. The minimum atomic E-state index is -1.33. The number of aromatic amines is 1. The summed E-state index contributed by atoms with van der Waals surface area (Å²) in [4.78, 5) is 15.2. The van der Waals surface area contributed by atoms with Crippen LogP contribution < -0.4 is 5.32 Å². The molecule has 0 radical (unpaired) electrons. The van der Waals surface area contributed by atoms with Gasteiger partial charge in [-0.3, -0.25) is 4.79 Å². The molecule has 1 aromatic carbocycles. The molecule has 1 aromatic heterocycles. The number of rotatable bonds is 4. The molecule has 0 aliphatic carbocycles. The fourth-order valence-corrected chi connectivity index (χ4v) is 2.41. The van der Waals surface area contributed by atoms with Crippen LogP contribution in [0.5, 0.6) is 0 Å². The van der Waals surface area contributed by atoms with Crippen molar-refractivity contribution in [2.75, 3.05) is 13.2 Å². The van der Waals surface area contributed by atoms with E-state index in [0.29, 0.717) is 5.56 Å². The fraction of sp³-hybridized carbons (Fsp3) is 0.308. The van der Waals surface area contributed by atoms with E-state index >= 15 is 0 Å². The number of aliphatic hydroxyl groups excluding tert-OH is 1. The molecule has 2 rings (SSSR count). The molecule has 0 bridgehead atoms. The Hall–Kier alpha value is -0.890. The number of fused-ring (bicyclic) bond motifs is 1. The number of benzene rings is 1. The standard InChI is InChI=1S/C13H14Br2N2O3/c1-13(20,6-18)5-17-12(19)8-4-16-11-3-10(15)9(14)2-7(8)11/h2-4,16,18,20H,5-6H2,1H3,(H,17,19). The highest BCUT2D eigenvalue weighted by Gasteiger charge is 2.21. The Kier molecular flexibility index (Phi) is 4.53. The van der Waals surface area contributed by atoms with Crippen LogP contribution in [0.25, 0.3) is 10.9 Å². The Bertz CT molecular complexity index is 652. The summed E-state index contributed by atoms with van der Waals surface area (Å²) in [6, 6.07) is 3.72. The molecule has 5 nitrogen and oxygen atoms in total. The van der Waals surface area contributed by atoms with Gasteiger partial charge in [0.2, 0.25) is 0 Å². The number of aliphatic hydroxyl groups is 2. The number of nitrogens with one attached hydrogen (secondary N) is 2. The molecule has 0 saturated heterocycles. The van der Waals surface area contributed by atoms with E-state index in [1.165, 1.54) is 6.92 Å². The second-order valence-corrected chi connectivity index (χ2v) is 6.56. The van der Waals surface area contributed by atoms with Gasteiger partial charge in [-0.15, -0.1) is 0 Å². The van der Waals surface area contributed by atoms with Crippen molar-refractivity contribution in [1.82, 2.24) is 10.3 Å². The third-order valence-electron chi connectivity index (χ3n) is 2.94. The Morgan fingerprint density at radius 3 is 2.70 bits per heavy atom. The zero-order valence-corrected chi connectivity index (χ0v) is 13.9. The van der Waals surface area contributed by atoms with Crippen molar-refractivity contribution in [2.24, 2.45) is 0 Å². The van der Waals surface area contributed by atoms with E-state index < -0.39 is 12.2 Å². The van der Waals surface area contributed by atoms with Gasteiger partial charge in [0, 0.05) is 32.6 Å². The Labute approximate surface area is 132 Å². The van der Waals surface area contributed by atoms with Gasteiger partial charge < -0.3 is 20.5 Å². The predicted molar refractivity (Wildman–Crippen MR) is 83.7 cm³/mol. The summed E-state index contributed by atoms with van der Waals surface area (Å²) >= 11 is 6.80. The third-order valence-corrected chi connectivity index (χ3v) is 4.78. The highest BCUT2D eigenvalue weighted by Crippen LogP contribution is 2.30. The van der Waals surface area contributed by atoms with Gasteiger partial charge in [0.1, 0.15) is 5.60 Å². The average Bonchev–Trinajstić information content (AvgIpc) is 2.79. The maximum atomic E-state index is 12.1. The molecule has 1 heterocycles. The minimum absolute atomic E-state index is 0.0211. The predicted octanol–water partition coefficient (Wildman–Crippen LogP) is 2.17. The minimum Gasteiger partial charge on any atom is -0.393 e. The monoisotopic (exact) mass is 404 g/mol. The summed E-state index contributed by atoms with van der Waals surface area (Å²) in [7, 11) is 0. The van der Waals surface area contributed by atoms with Gasteiger partial charge in [0.25, 0.3) is 5.91 Å².